The van der Waals surface area contributed by atoms with Gasteiger partial charge in [0.25, 0.3) is 5.91 Å². The summed E-state index contributed by atoms with van der Waals surface area (Å²) in [5, 5.41) is 15.3. The summed E-state index contributed by atoms with van der Waals surface area (Å²) in [6.07, 6.45) is -4.84. The third-order valence-electron chi connectivity index (χ3n) is 3.82. The van der Waals surface area contributed by atoms with E-state index in [9.17, 15) is 27.6 Å². The van der Waals surface area contributed by atoms with E-state index in [0.717, 1.165) is 12.1 Å². The van der Waals surface area contributed by atoms with Crippen LogP contribution in [0.4, 0.5) is 23.7 Å². The summed E-state index contributed by atoms with van der Waals surface area (Å²) < 4.78 is 38.6. The van der Waals surface area contributed by atoms with Gasteiger partial charge < -0.3 is 21.1 Å². The summed E-state index contributed by atoms with van der Waals surface area (Å²) in [5.41, 5.74) is -0.175. The van der Waals surface area contributed by atoms with E-state index in [-0.39, 0.29) is 25.2 Å². The number of benzene rings is 2. The molecule has 0 aliphatic rings. The van der Waals surface area contributed by atoms with Crippen molar-refractivity contribution in [1.82, 2.24) is 10.6 Å². The van der Waals surface area contributed by atoms with Gasteiger partial charge in [0.1, 0.15) is 0 Å². The largest absolute Gasteiger partial charge is 0.481 e. The number of carboxylic acid groups (broad SMARTS) is 1. The summed E-state index contributed by atoms with van der Waals surface area (Å²) in [6, 6.07) is 8.46. The van der Waals surface area contributed by atoms with E-state index >= 15 is 0 Å². The number of carbonyl (C=O) groups is 3. The zero-order chi connectivity index (χ0) is 22.3. The molecule has 0 radical (unpaired) electrons. The van der Waals surface area contributed by atoms with Crippen LogP contribution in [0.15, 0.2) is 42.5 Å². The van der Waals surface area contributed by atoms with Gasteiger partial charge >= 0.3 is 18.2 Å². The van der Waals surface area contributed by atoms with Gasteiger partial charge in [-0.25, -0.2) is 4.79 Å². The Hall–Kier alpha value is -3.27. The maximum atomic E-state index is 12.9. The van der Waals surface area contributed by atoms with Crippen molar-refractivity contribution in [3.05, 3.63) is 64.2 Å². The number of hydrogen-bond acceptors (Lipinski definition) is 3. The molecule has 3 amide bonds. The first-order valence-corrected chi connectivity index (χ1v) is 8.94. The molecule has 0 aliphatic heterocycles. The van der Waals surface area contributed by atoms with E-state index in [4.69, 9.17) is 16.7 Å². The van der Waals surface area contributed by atoms with E-state index in [1.54, 1.807) is 12.1 Å². The van der Waals surface area contributed by atoms with Crippen LogP contribution in [-0.4, -0.2) is 29.6 Å². The van der Waals surface area contributed by atoms with Crippen molar-refractivity contribution in [2.24, 2.45) is 0 Å². The Kier molecular flexibility index (Phi) is 7.65. The Morgan fingerprint density at radius 1 is 1.00 bits per heavy atom. The first kappa shape index (κ1) is 23.0. The average molecular weight is 444 g/mol. The predicted molar refractivity (Wildman–Crippen MR) is 103 cm³/mol. The van der Waals surface area contributed by atoms with Gasteiger partial charge in [-0.1, -0.05) is 23.7 Å². The molecule has 0 saturated heterocycles. The van der Waals surface area contributed by atoms with Crippen LogP contribution in [0.3, 0.4) is 0 Å². The zero-order valence-corrected chi connectivity index (χ0v) is 16.1. The topological polar surface area (TPSA) is 108 Å². The molecule has 4 N–H and O–H groups in total. The fourth-order valence-electron chi connectivity index (χ4n) is 2.34. The van der Waals surface area contributed by atoms with Crippen LogP contribution in [0.2, 0.25) is 5.02 Å². The van der Waals surface area contributed by atoms with Crippen molar-refractivity contribution in [2.45, 2.75) is 19.1 Å². The second kappa shape index (κ2) is 9.97. The third-order valence-corrected chi connectivity index (χ3v) is 4.15. The highest BCUT2D eigenvalue weighted by Gasteiger charge is 2.33. The van der Waals surface area contributed by atoms with E-state index in [2.05, 4.69) is 16.0 Å². The molecule has 0 fully saturated rings. The van der Waals surface area contributed by atoms with E-state index < -0.39 is 34.7 Å². The first-order valence-electron chi connectivity index (χ1n) is 8.57. The number of aliphatic carboxylic acids is 1. The van der Waals surface area contributed by atoms with Gasteiger partial charge in [0.05, 0.1) is 17.0 Å². The summed E-state index contributed by atoms with van der Waals surface area (Å²) >= 11 is 5.53. The van der Waals surface area contributed by atoms with Crippen LogP contribution < -0.4 is 16.0 Å². The molecular weight excluding hydrogens is 427 g/mol. The average Bonchev–Trinajstić information content (AvgIpc) is 2.67. The third kappa shape index (κ3) is 6.96. The molecule has 2 rings (SSSR count). The highest BCUT2D eigenvalue weighted by Crippen LogP contribution is 2.36. The standard InChI is InChI=1S/C19H17ClF3N3O4/c20-15-6-5-13(9-14(15)19(21,22)23)26-18(30)25-10-11-1-3-12(4-2-11)17(29)24-8-7-16(27)28/h1-6,9H,7-8,10H2,(H,24,29)(H,27,28)(H2,25,26,30). The number of carboxylic acids is 1. The lowest BCUT2D eigenvalue weighted by Crippen LogP contribution is -2.28. The van der Waals surface area contributed by atoms with Crippen LogP contribution in [0, 0.1) is 0 Å². The number of nitrogens with one attached hydrogen (secondary N) is 3. The van der Waals surface area contributed by atoms with E-state index in [0.29, 0.717) is 11.1 Å². The number of halogens is 4. The minimum atomic E-state index is -4.65. The molecule has 2 aromatic carbocycles. The van der Waals surface area contributed by atoms with Gasteiger partial charge in [0, 0.05) is 24.3 Å². The quantitative estimate of drug-likeness (QED) is 0.520. The molecule has 7 nitrogen and oxygen atoms in total. The van der Waals surface area contributed by atoms with Gasteiger partial charge in [-0.15, -0.1) is 0 Å². The maximum absolute atomic E-state index is 12.9. The Morgan fingerprint density at radius 3 is 2.27 bits per heavy atom. The van der Waals surface area contributed by atoms with E-state index in [1.165, 1.54) is 18.2 Å². The molecule has 160 valence electrons. The molecule has 2 aromatic rings. The van der Waals surface area contributed by atoms with Gasteiger partial charge in [-0.2, -0.15) is 13.2 Å². The first-order chi connectivity index (χ1) is 14.1. The molecule has 0 bridgehead atoms. The maximum Gasteiger partial charge on any atom is 0.417 e. The fourth-order valence-corrected chi connectivity index (χ4v) is 2.56. The molecular formula is C19H17ClF3N3O4. The minimum Gasteiger partial charge on any atom is -0.481 e. The Morgan fingerprint density at radius 2 is 1.67 bits per heavy atom. The van der Waals surface area contributed by atoms with Crippen LogP contribution >= 0.6 is 11.6 Å². The van der Waals surface area contributed by atoms with Crippen LogP contribution in [0.1, 0.15) is 27.9 Å². The highest BCUT2D eigenvalue weighted by atomic mass is 35.5. The zero-order valence-electron chi connectivity index (χ0n) is 15.3. The lowest BCUT2D eigenvalue weighted by Gasteiger charge is -2.12. The van der Waals surface area contributed by atoms with Gasteiger partial charge in [0.2, 0.25) is 0 Å². The van der Waals surface area contributed by atoms with Gasteiger partial charge in [0.15, 0.2) is 0 Å². The normalized spacial score (nSPS) is 10.9. The summed E-state index contributed by atoms with van der Waals surface area (Å²) in [7, 11) is 0. The summed E-state index contributed by atoms with van der Waals surface area (Å²) in [6.45, 7) is 0.0604. The molecule has 11 heteroatoms. The number of rotatable bonds is 7. The lowest BCUT2D eigenvalue weighted by atomic mass is 10.1. The van der Waals surface area contributed by atoms with Crippen molar-refractivity contribution < 1.29 is 32.7 Å². The fraction of sp³-hybridized carbons (Fsp3) is 0.211. The molecule has 0 heterocycles. The number of amides is 3. The Bertz CT molecular complexity index is 934. The number of hydrogen-bond donors (Lipinski definition) is 4. The Labute approximate surface area is 174 Å². The molecule has 0 spiro atoms. The van der Waals surface area contributed by atoms with Crippen molar-refractivity contribution in [1.29, 1.82) is 0 Å². The van der Waals surface area contributed by atoms with Crippen LogP contribution in [-0.2, 0) is 17.5 Å². The predicted octanol–water partition coefficient (Wildman–Crippen LogP) is 3.89. The van der Waals surface area contributed by atoms with Gasteiger partial charge in [-0.3, -0.25) is 9.59 Å². The van der Waals surface area contributed by atoms with Crippen molar-refractivity contribution in [3.63, 3.8) is 0 Å². The Balaban J connectivity index is 1.88. The molecule has 0 atom stereocenters. The number of alkyl halides is 3. The van der Waals surface area contributed by atoms with Gasteiger partial charge in [-0.05, 0) is 35.9 Å². The highest BCUT2D eigenvalue weighted by molar-refractivity contribution is 6.31. The van der Waals surface area contributed by atoms with Crippen molar-refractivity contribution in [3.8, 4) is 0 Å². The summed E-state index contributed by atoms with van der Waals surface area (Å²) in [4.78, 5) is 34.2. The number of anilines is 1. The smallest absolute Gasteiger partial charge is 0.417 e. The monoisotopic (exact) mass is 443 g/mol. The molecule has 0 aliphatic carbocycles. The molecule has 0 unspecified atom stereocenters. The lowest BCUT2D eigenvalue weighted by molar-refractivity contribution is -0.138. The van der Waals surface area contributed by atoms with E-state index in [1.807, 2.05) is 0 Å². The number of urea groups is 1. The second-order valence-electron chi connectivity index (χ2n) is 6.10. The molecule has 30 heavy (non-hydrogen) atoms. The van der Waals surface area contributed by atoms with Crippen LogP contribution in [0.25, 0.3) is 0 Å². The minimum absolute atomic E-state index is 0.00159. The van der Waals surface area contributed by atoms with Crippen molar-refractivity contribution >= 4 is 35.2 Å². The second-order valence-corrected chi connectivity index (χ2v) is 6.50. The SMILES string of the molecule is O=C(O)CCNC(=O)c1ccc(CNC(=O)Nc2ccc(Cl)c(C(F)(F)F)c2)cc1. The number of carbonyl (C=O) groups excluding carboxylic acids is 2. The summed E-state index contributed by atoms with van der Waals surface area (Å²) in [5.74, 6) is -1.46. The molecule has 0 saturated carbocycles. The van der Waals surface area contributed by atoms with Crippen LogP contribution in [0.5, 0.6) is 0 Å². The van der Waals surface area contributed by atoms with Crippen molar-refractivity contribution in [2.75, 3.05) is 11.9 Å². The molecule has 0 aromatic heterocycles.